The Hall–Kier alpha value is -1.56. The summed E-state index contributed by atoms with van der Waals surface area (Å²) in [6.07, 6.45) is 1.93. The van der Waals surface area contributed by atoms with E-state index in [-0.39, 0.29) is 17.0 Å². The van der Waals surface area contributed by atoms with Crippen LogP contribution < -0.4 is 15.8 Å². The summed E-state index contributed by atoms with van der Waals surface area (Å²) in [5, 5.41) is 2.81. The van der Waals surface area contributed by atoms with Crippen LogP contribution in [0.3, 0.4) is 0 Å². The van der Waals surface area contributed by atoms with Crippen LogP contribution in [0.4, 0.5) is 5.82 Å². The highest BCUT2D eigenvalue weighted by atomic mass is 35.5. The van der Waals surface area contributed by atoms with E-state index in [0.717, 1.165) is 0 Å². The Morgan fingerprint density at radius 3 is 3.06 bits per heavy atom. The molecule has 17 heavy (non-hydrogen) atoms. The van der Waals surface area contributed by atoms with Gasteiger partial charge in [-0.3, -0.25) is 9.59 Å². The number of piperazine rings is 1. The zero-order chi connectivity index (χ0) is 12.4. The van der Waals surface area contributed by atoms with Crippen LogP contribution in [-0.2, 0) is 4.79 Å². The van der Waals surface area contributed by atoms with E-state index in [0.29, 0.717) is 25.3 Å². The van der Waals surface area contributed by atoms with Crippen molar-refractivity contribution in [1.29, 1.82) is 0 Å². The molecule has 2 heterocycles. The molecule has 7 heteroatoms. The maximum absolute atomic E-state index is 11.7. The Kier molecular flexibility index (Phi) is 3.33. The van der Waals surface area contributed by atoms with Crippen LogP contribution in [-0.4, -0.2) is 35.0 Å². The molecule has 2 rings (SSSR count). The fourth-order valence-electron chi connectivity index (χ4n) is 1.95. The molecule has 0 bridgehead atoms. The molecule has 0 aromatic carbocycles. The number of aromatic amines is 1. The highest BCUT2D eigenvalue weighted by Gasteiger charge is 2.30. The molecule has 1 aromatic heterocycles. The third-order valence-electron chi connectivity index (χ3n) is 2.77. The van der Waals surface area contributed by atoms with Gasteiger partial charge in [0.05, 0.1) is 6.33 Å². The first kappa shape index (κ1) is 11.9. The van der Waals surface area contributed by atoms with E-state index in [1.54, 1.807) is 4.90 Å². The van der Waals surface area contributed by atoms with Crippen LogP contribution in [0, 0.1) is 0 Å². The number of rotatable bonds is 2. The van der Waals surface area contributed by atoms with E-state index in [1.807, 2.05) is 6.92 Å². The van der Waals surface area contributed by atoms with Crippen LogP contribution in [0.15, 0.2) is 11.1 Å². The fraction of sp³-hybridized carbons (Fsp3) is 0.500. The summed E-state index contributed by atoms with van der Waals surface area (Å²) in [7, 11) is 0. The van der Waals surface area contributed by atoms with Gasteiger partial charge in [0.1, 0.15) is 11.1 Å². The number of nitrogens with one attached hydrogen (secondary N) is 2. The van der Waals surface area contributed by atoms with Gasteiger partial charge in [-0.25, -0.2) is 4.98 Å². The summed E-state index contributed by atoms with van der Waals surface area (Å²) < 4.78 is 0. The lowest BCUT2D eigenvalue weighted by molar-refractivity contribution is -0.123. The molecule has 0 saturated carbocycles. The molecule has 6 nitrogen and oxygen atoms in total. The van der Waals surface area contributed by atoms with Gasteiger partial charge in [-0.05, 0) is 6.42 Å². The predicted octanol–water partition coefficient (Wildman–Crippen LogP) is 0.138. The highest BCUT2D eigenvalue weighted by molar-refractivity contribution is 6.32. The molecule has 1 aliphatic heterocycles. The summed E-state index contributed by atoms with van der Waals surface area (Å²) in [5.74, 6) is 0.314. The summed E-state index contributed by atoms with van der Waals surface area (Å²) >= 11 is 5.92. The zero-order valence-electron chi connectivity index (χ0n) is 9.36. The maximum Gasteiger partial charge on any atom is 0.271 e. The van der Waals surface area contributed by atoms with Gasteiger partial charge in [0.15, 0.2) is 5.82 Å². The molecule has 0 aliphatic carbocycles. The molecule has 0 radical (unpaired) electrons. The van der Waals surface area contributed by atoms with E-state index in [2.05, 4.69) is 15.3 Å². The van der Waals surface area contributed by atoms with Crippen LogP contribution in [0.2, 0.25) is 5.02 Å². The standard InChI is InChI=1S/C10H13ClN4O2/c1-2-6-9(16)12-3-4-15(6)8-7(11)10(17)14-5-13-8/h5-6H,2-4H2,1H3,(H,12,16)(H,13,14,17). The van der Waals surface area contributed by atoms with Crippen molar-refractivity contribution < 1.29 is 4.79 Å². The first-order chi connectivity index (χ1) is 8.15. The Bertz CT molecular complexity index is 487. The molecule has 1 unspecified atom stereocenters. The molecule has 1 atom stereocenters. The second kappa shape index (κ2) is 4.75. The average Bonchev–Trinajstić information content (AvgIpc) is 2.32. The number of H-pyrrole nitrogens is 1. The number of amides is 1. The lowest BCUT2D eigenvalue weighted by atomic mass is 10.1. The van der Waals surface area contributed by atoms with Gasteiger partial charge < -0.3 is 15.2 Å². The monoisotopic (exact) mass is 256 g/mol. The Morgan fingerprint density at radius 2 is 2.35 bits per heavy atom. The molecule has 1 amide bonds. The summed E-state index contributed by atoms with van der Waals surface area (Å²) in [6.45, 7) is 3.03. The van der Waals surface area contributed by atoms with Crippen molar-refractivity contribution in [3.05, 3.63) is 21.7 Å². The van der Waals surface area contributed by atoms with Gasteiger partial charge in [-0.2, -0.15) is 0 Å². The summed E-state index contributed by atoms with van der Waals surface area (Å²) in [6, 6.07) is -0.324. The first-order valence-electron chi connectivity index (χ1n) is 5.42. The number of aromatic nitrogens is 2. The number of carbonyl (C=O) groups is 1. The molecular formula is C10H13ClN4O2. The van der Waals surface area contributed by atoms with Crippen LogP contribution >= 0.6 is 11.6 Å². The Balaban J connectivity index is 2.40. The number of anilines is 1. The van der Waals surface area contributed by atoms with Crippen LogP contribution in [0.1, 0.15) is 13.3 Å². The Labute approximate surface area is 103 Å². The third kappa shape index (κ3) is 2.12. The summed E-state index contributed by atoms with van der Waals surface area (Å²) in [4.78, 5) is 31.3. The maximum atomic E-state index is 11.7. The van der Waals surface area contributed by atoms with Gasteiger partial charge in [0.25, 0.3) is 5.56 Å². The molecule has 1 aliphatic rings. The van der Waals surface area contributed by atoms with E-state index < -0.39 is 5.56 Å². The van der Waals surface area contributed by atoms with E-state index in [4.69, 9.17) is 11.6 Å². The van der Waals surface area contributed by atoms with Crippen molar-refractivity contribution in [2.75, 3.05) is 18.0 Å². The van der Waals surface area contributed by atoms with E-state index in [1.165, 1.54) is 6.33 Å². The quantitative estimate of drug-likeness (QED) is 0.789. The molecule has 92 valence electrons. The second-order valence-corrected chi connectivity index (χ2v) is 4.16. The molecule has 1 fully saturated rings. The van der Waals surface area contributed by atoms with Gasteiger partial charge in [-0.1, -0.05) is 18.5 Å². The minimum Gasteiger partial charge on any atom is -0.353 e. The van der Waals surface area contributed by atoms with Crippen molar-refractivity contribution in [3.8, 4) is 0 Å². The lowest BCUT2D eigenvalue weighted by Crippen LogP contribution is -2.55. The predicted molar refractivity (Wildman–Crippen MR) is 64.3 cm³/mol. The number of halogens is 1. The van der Waals surface area contributed by atoms with Gasteiger partial charge in [-0.15, -0.1) is 0 Å². The summed E-state index contributed by atoms with van der Waals surface area (Å²) in [5.41, 5.74) is -0.391. The van der Waals surface area contributed by atoms with Crippen molar-refractivity contribution in [3.63, 3.8) is 0 Å². The number of nitrogens with zero attached hydrogens (tertiary/aromatic N) is 2. The lowest BCUT2D eigenvalue weighted by Gasteiger charge is -2.35. The highest BCUT2D eigenvalue weighted by Crippen LogP contribution is 2.22. The van der Waals surface area contributed by atoms with Gasteiger partial charge >= 0.3 is 0 Å². The smallest absolute Gasteiger partial charge is 0.271 e. The third-order valence-corrected chi connectivity index (χ3v) is 3.11. The van der Waals surface area contributed by atoms with Crippen LogP contribution in [0.5, 0.6) is 0 Å². The molecule has 1 saturated heterocycles. The fourth-order valence-corrected chi connectivity index (χ4v) is 2.16. The van der Waals surface area contributed by atoms with E-state index in [9.17, 15) is 9.59 Å². The molecule has 2 N–H and O–H groups in total. The number of carbonyl (C=O) groups excluding carboxylic acids is 1. The van der Waals surface area contributed by atoms with Gasteiger partial charge in [0, 0.05) is 13.1 Å². The second-order valence-electron chi connectivity index (χ2n) is 3.78. The van der Waals surface area contributed by atoms with Crippen molar-refractivity contribution >= 4 is 23.3 Å². The van der Waals surface area contributed by atoms with Crippen molar-refractivity contribution in [2.24, 2.45) is 0 Å². The number of hydrogen-bond acceptors (Lipinski definition) is 4. The zero-order valence-corrected chi connectivity index (χ0v) is 10.1. The minimum atomic E-state index is -0.391. The Morgan fingerprint density at radius 1 is 1.59 bits per heavy atom. The average molecular weight is 257 g/mol. The van der Waals surface area contributed by atoms with Crippen molar-refractivity contribution in [1.82, 2.24) is 15.3 Å². The molecule has 1 aromatic rings. The molecular weight excluding hydrogens is 244 g/mol. The van der Waals surface area contributed by atoms with Crippen molar-refractivity contribution in [2.45, 2.75) is 19.4 Å². The van der Waals surface area contributed by atoms with Gasteiger partial charge in [0.2, 0.25) is 5.91 Å². The normalized spacial score (nSPS) is 20.2. The number of hydrogen-bond donors (Lipinski definition) is 2. The van der Waals surface area contributed by atoms with Crippen LogP contribution in [0.25, 0.3) is 0 Å². The minimum absolute atomic E-state index is 0.0284. The largest absolute Gasteiger partial charge is 0.353 e. The SMILES string of the molecule is CCC1C(=O)NCCN1c1nc[nH]c(=O)c1Cl. The van der Waals surface area contributed by atoms with E-state index >= 15 is 0 Å². The first-order valence-corrected chi connectivity index (χ1v) is 5.80. The topological polar surface area (TPSA) is 78.1 Å². The molecule has 0 spiro atoms.